The molecule has 302 valence electrons. The zero-order valence-electron chi connectivity index (χ0n) is 33.9. The van der Waals surface area contributed by atoms with Crippen LogP contribution in [-0.4, -0.2) is 50.3 Å². The summed E-state index contributed by atoms with van der Waals surface area (Å²) in [6.07, 6.45) is 27.2. The largest absolute Gasteiger partial charge is 0.481 e. The molecule has 16 rings (SSSR count). The van der Waals surface area contributed by atoms with Gasteiger partial charge in [0, 0.05) is 0 Å². The van der Waals surface area contributed by atoms with Crippen molar-refractivity contribution in [2.75, 3.05) is 21.3 Å². The van der Waals surface area contributed by atoms with Gasteiger partial charge in [0.1, 0.15) is 0 Å². The van der Waals surface area contributed by atoms with Crippen molar-refractivity contribution >= 4 is 23.9 Å². The molecule has 0 heterocycles. The van der Waals surface area contributed by atoms with E-state index in [1.807, 2.05) is 0 Å². The summed E-state index contributed by atoms with van der Waals surface area (Å²) in [5.41, 5.74) is -0.327. The molecule has 0 aromatic carbocycles. The summed E-state index contributed by atoms with van der Waals surface area (Å²) in [5, 5.41) is 10.2. The third-order valence-electron chi connectivity index (χ3n) is 20.8. The number of aliphatic carboxylic acids is 1. The molecule has 0 saturated heterocycles. The average molecular weight is 759 g/mol. The summed E-state index contributed by atoms with van der Waals surface area (Å²) in [6, 6.07) is 0. The van der Waals surface area contributed by atoms with Crippen molar-refractivity contribution in [1.82, 2.24) is 0 Å². The van der Waals surface area contributed by atoms with Crippen LogP contribution < -0.4 is 0 Å². The van der Waals surface area contributed by atoms with Gasteiger partial charge in [-0.3, -0.25) is 19.2 Å². The summed E-state index contributed by atoms with van der Waals surface area (Å²) < 4.78 is 16.0. The van der Waals surface area contributed by atoms with E-state index in [1.165, 1.54) is 77.0 Å². The Balaban J connectivity index is 0.000000128. The van der Waals surface area contributed by atoms with E-state index in [-0.39, 0.29) is 55.8 Å². The van der Waals surface area contributed by atoms with Crippen LogP contribution in [0.25, 0.3) is 0 Å². The summed E-state index contributed by atoms with van der Waals surface area (Å²) in [4.78, 5) is 51.2. The molecule has 16 saturated carbocycles. The molecule has 8 nitrogen and oxygen atoms in total. The summed E-state index contributed by atoms with van der Waals surface area (Å²) in [6.45, 7) is 0. The molecule has 8 heteroatoms. The van der Waals surface area contributed by atoms with Gasteiger partial charge in [0.25, 0.3) is 0 Å². The van der Waals surface area contributed by atoms with Crippen LogP contribution in [0.2, 0.25) is 0 Å². The van der Waals surface area contributed by atoms with Gasteiger partial charge in [-0.2, -0.15) is 0 Å². The number of carboxylic acid groups (broad SMARTS) is 1. The van der Waals surface area contributed by atoms with Gasteiger partial charge in [-0.05, 0) is 223 Å². The molecule has 16 aliphatic rings. The zero-order chi connectivity index (χ0) is 38.0. The first kappa shape index (κ1) is 36.0. The Bertz CT molecular complexity index is 1590. The van der Waals surface area contributed by atoms with Crippen molar-refractivity contribution in [3.8, 4) is 0 Å². The van der Waals surface area contributed by atoms with E-state index in [0.29, 0.717) is 47.3 Å². The lowest BCUT2D eigenvalue weighted by atomic mass is 9.31. The van der Waals surface area contributed by atoms with E-state index < -0.39 is 11.4 Å². The second-order valence-corrected chi connectivity index (χ2v) is 23.9. The Kier molecular flexibility index (Phi) is 7.41. The van der Waals surface area contributed by atoms with Crippen LogP contribution in [0.5, 0.6) is 0 Å². The number of carbonyl (C=O) groups excluding carboxylic acids is 3. The first-order valence-electron chi connectivity index (χ1n) is 22.7. The minimum absolute atomic E-state index is 0.0265. The monoisotopic (exact) mass is 758 g/mol. The smallest absolute Gasteiger partial charge is 0.311 e. The van der Waals surface area contributed by atoms with E-state index in [9.17, 15) is 24.3 Å². The van der Waals surface area contributed by atoms with Crippen molar-refractivity contribution in [3.63, 3.8) is 0 Å². The Morgan fingerprint density at radius 2 is 0.564 bits per heavy atom. The molecule has 16 fully saturated rings. The predicted molar refractivity (Wildman–Crippen MR) is 202 cm³/mol. The van der Waals surface area contributed by atoms with Crippen molar-refractivity contribution in [3.05, 3.63) is 0 Å². The molecule has 55 heavy (non-hydrogen) atoms. The van der Waals surface area contributed by atoms with Crippen LogP contribution in [0.3, 0.4) is 0 Å². The maximum atomic E-state index is 13.0. The van der Waals surface area contributed by atoms with Gasteiger partial charge in [0.2, 0.25) is 0 Å². The second-order valence-electron chi connectivity index (χ2n) is 23.9. The highest BCUT2D eigenvalue weighted by atomic mass is 16.5. The molecular weight excluding hydrogens is 693 g/mol. The lowest BCUT2D eigenvalue weighted by Crippen LogP contribution is -2.66. The number of methoxy groups -OCH3 is 3. The van der Waals surface area contributed by atoms with Gasteiger partial charge >= 0.3 is 23.9 Å². The minimum Gasteiger partial charge on any atom is -0.481 e. The van der Waals surface area contributed by atoms with Gasteiger partial charge in [-0.1, -0.05) is 0 Å². The maximum Gasteiger partial charge on any atom is 0.311 e. The molecule has 0 spiro atoms. The Labute approximate surface area is 327 Å². The molecule has 8 atom stereocenters. The number of carbonyl (C=O) groups is 4. The number of esters is 3. The maximum absolute atomic E-state index is 13.0. The SMILES string of the molecule is COC(=O)C12CC3CC(C1)CC(C14CC5CC(CC(C(=O)O)(C5)C1)C4)(C3)C2.COC(=O)C12CC3CC(C1)CC(C14CC5CC(CC(C(=O)OC)(C5)C1)C4)(C3)C2. The Hall–Kier alpha value is -2.12. The fourth-order valence-electron chi connectivity index (χ4n) is 21.1. The number of rotatable bonds is 6. The van der Waals surface area contributed by atoms with Crippen LogP contribution in [-0.2, 0) is 33.4 Å². The predicted octanol–water partition coefficient (Wildman–Crippen LogP) is 8.92. The minimum atomic E-state index is -0.534. The van der Waals surface area contributed by atoms with Gasteiger partial charge in [0.15, 0.2) is 0 Å². The topological polar surface area (TPSA) is 116 Å². The van der Waals surface area contributed by atoms with Gasteiger partial charge in [-0.15, -0.1) is 0 Å². The van der Waals surface area contributed by atoms with E-state index in [4.69, 9.17) is 14.2 Å². The number of hydrogen-bond donors (Lipinski definition) is 1. The van der Waals surface area contributed by atoms with E-state index in [2.05, 4.69) is 0 Å². The summed E-state index contributed by atoms with van der Waals surface area (Å²) >= 11 is 0. The molecule has 0 aromatic rings. The number of carboxylic acids is 1. The molecule has 0 radical (unpaired) electrons. The average Bonchev–Trinajstić information content (AvgIpc) is 3.12. The number of hydrogen-bond acceptors (Lipinski definition) is 7. The fraction of sp³-hybridized carbons (Fsp3) is 0.915. The normalized spacial score (nSPS) is 56.2. The third kappa shape index (κ3) is 4.69. The van der Waals surface area contributed by atoms with Gasteiger partial charge < -0.3 is 19.3 Å². The molecule has 16 bridgehead atoms. The third-order valence-corrected chi connectivity index (χ3v) is 20.8. The Morgan fingerprint density at radius 1 is 0.364 bits per heavy atom. The van der Waals surface area contributed by atoms with E-state index in [0.717, 1.165) is 77.0 Å². The zero-order valence-corrected chi connectivity index (χ0v) is 33.9. The van der Waals surface area contributed by atoms with Crippen molar-refractivity contribution in [2.45, 2.75) is 154 Å². The van der Waals surface area contributed by atoms with Crippen LogP contribution in [0.1, 0.15) is 154 Å². The lowest BCUT2D eigenvalue weighted by Gasteiger charge is -2.73. The molecule has 0 aromatic heterocycles. The van der Waals surface area contributed by atoms with Crippen LogP contribution >= 0.6 is 0 Å². The lowest BCUT2D eigenvalue weighted by molar-refractivity contribution is -0.243. The van der Waals surface area contributed by atoms with Gasteiger partial charge in [-0.25, -0.2) is 0 Å². The standard InChI is InChI=1S/C24H34O4.C23H32O4/c1-27-19(25)21-5-15-3-16(6-21)10-23(9-15,13-21)24-11-17-4-18(12-24)8-22(7-17,14-24)20(26)28-2;1-27-19(26)21-6-16-3-17(7-21)11-23(10-16,13-21)22-8-14-2-15(9-22)5-20(4-14,12-22)18(24)25/h15-18H,3-14H2,1-2H3;14-17H,2-13H2,1H3,(H,24,25). The second kappa shape index (κ2) is 11.3. The fourth-order valence-corrected chi connectivity index (χ4v) is 21.1. The van der Waals surface area contributed by atoms with Crippen LogP contribution in [0.15, 0.2) is 0 Å². The van der Waals surface area contributed by atoms with Crippen LogP contribution in [0.4, 0.5) is 0 Å². The molecule has 0 amide bonds. The number of ether oxygens (including phenoxy) is 3. The van der Waals surface area contributed by atoms with E-state index >= 15 is 0 Å². The molecule has 1 N–H and O–H groups in total. The summed E-state index contributed by atoms with van der Waals surface area (Å²) in [7, 11) is 4.70. The quantitative estimate of drug-likeness (QED) is 0.211. The molecular formula is C47H66O8. The first-order valence-corrected chi connectivity index (χ1v) is 22.7. The molecule has 16 aliphatic carbocycles. The summed E-state index contributed by atoms with van der Waals surface area (Å²) in [5.74, 6) is 4.84. The molecule has 8 unspecified atom stereocenters. The molecule has 0 aliphatic heterocycles. The van der Waals surface area contributed by atoms with E-state index in [1.54, 1.807) is 21.3 Å². The van der Waals surface area contributed by atoms with Crippen molar-refractivity contribution in [2.24, 2.45) is 90.7 Å². The highest BCUT2D eigenvalue weighted by molar-refractivity contribution is 5.79. The van der Waals surface area contributed by atoms with Crippen molar-refractivity contribution < 1.29 is 38.5 Å². The Morgan fingerprint density at radius 3 is 0.764 bits per heavy atom. The van der Waals surface area contributed by atoms with Crippen molar-refractivity contribution in [1.29, 1.82) is 0 Å². The van der Waals surface area contributed by atoms with Crippen LogP contribution in [0, 0.1) is 90.7 Å². The highest BCUT2D eigenvalue weighted by Gasteiger charge is 2.74. The highest BCUT2D eigenvalue weighted by Crippen LogP contribution is 2.80. The first-order chi connectivity index (χ1) is 26.2. The van der Waals surface area contributed by atoms with Gasteiger partial charge in [0.05, 0.1) is 43.0 Å².